The van der Waals surface area contributed by atoms with E-state index >= 15 is 0 Å². The quantitative estimate of drug-likeness (QED) is 0.334. The van der Waals surface area contributed by atoms with Crippen LogP contribution in [-0.2, 0) is 22.6 Å². The zero-order valence-electron chi connectivity index (χ0n) is 22.4. The van der Waals surface area contributed by atoms with Gasteiger partial charge in [0.25, 0.3) is 5.91 Å². The Hall–Kier alpha value is -3.31. The number of carbonyl (C=O) groups excluding carboxylic acids is 2. The van der Waals surface area contributed by atoms with Crippen molar-refractivity contribution >= 4 is 23.4 Å². The molecule has 0 unspecified atom stereocenters. The molecular weight excluding hydrogens is 484 g/mol. The number of hydrogen-bond donors (Lipinski definition) is 1. The second kappa shape index (κ2) is 13.3. The lowest BCUT2D eigenvalue weighted by Crippen LogP contribution is -2.52. The maximum atomic E-state index is 13.8. The number of nitrogens with one attached hydrogen (secondary N) is 1. The molecule has 0 aromatic heterocycles. The van der Waals surface area contributed by atoms with Gasteiger partial charge < -0.3 is 15.0 Å². The molecule has 5 nitrogen and oxygen atoms in total. The van der Waals surface area contributed by atoms with E-state index in [0.717, 1.165) is 27.8 Å². The molecule has 3 aromatic rings. The van der Waals surface area contributed by atoms with Crippen molar-refractivity contribution in [2.75, 3.05) is 13.2 Å². The molecule has 0 saturated heterocycles. The average Bonchev–Trinajstić information content (AvgIpc) is 2.87. The van der Waals surface area contributed by atoms with E-state index in [4.69, 9.17) is 16.3 Å². The molecule has 6 heteroatoms. The molecule has 0 saturated carbocycles. The summed E-state index contributed by atoms with van der Waals surface area (Å²) in [6, 6.07) is 20.4. The zero-order chi connectivity index (χ0) is 26.9. The summed E-state index contributed by atoms with van der Waals surface area (Å²) in [4.78, 5) is 28.9. The highest BCUT2D eigenvalue weighted by Gasteiger charge is 2.31. The van der Waals surface area contributed by atoms with Crippen LogP contribution < -0.4 is 10.1 Å². The van der Waals surface area contributed by atoms with Crippen LogP contribution in [0.3, 0.4) is 0 Å². The predicted octanol–water partition coefficient (Wildman–Crippen LogP) is 6.06. The van der Waals surface area contributed by atoms with Crippen LogP contribution in [0.2, 0.25) is 5.02 Å². The minimum atomic E-state index is -0.728. The Bertz CT molecular complexity index is 1210. The van der Waals surface area contributed by atoms with E-state index in [1.165, 1.54) is 0 Å². The van der Waals surface area contributed by atoms with Crippen molar-refractivity contribution in [1.29, 1.82) is 0 Å². The largest absolute Gasteiger partial charge is 0.483 e. The van der Waals surface area contributed by atoms with E-state index in [9.17, 15) is 9.59 Å². The smallest absolute Gasteiger partial charge is 0.261 e. The van der Waals surface area contributed by atoms with Crippen LogP contribution in [0, 0.1) is 26.7 Å². The Balaban J connectivity index is 1.94. The summed E-state index contributed by atoms with van der Waals surface area (Å²) >= 11 is 6.48. The van der Waals surface area contributed by atoms with Crippen LogP contribution in [0.25, 0.3) is 0 Å². The van der Waals surface area contributed by atoms with Crippen molar-refractivity contribution < 1.29 is 14.3 Å². The highest BCUT2D eigenvalue weighted by atomic mass is 35.5. The Morgan fingerprint density at radius 3 is 2.32 bits per heavy atom. The Morgan fingerprint density at radius 1 is 0.973 bits per heavy atom. The van der Waals surface area contributed by atoms with Crippen LogP contribution >= 0.6 is 11.6 Å². The molecule has 0 heterocycles. The van der Waals surface area contributed by atoms with Gasteiger partial charge in [0.1, 0.15) is 11.8 Å². The molecule has 37 heavy (non-hydrogen) atoms. The van der Waals surface area contributed by atoms with Crippen molar-refractivity contribution in [3.05, 3.63) is 99.6 Å². The minimum Gasteiger partial charge on any atom is -0.483 e. The van der Waals surface area contributed by atoms with Gasteiger partial charge in [0.05, 0.1) is 0 Å². The summed E-state index contributed by atoms with van der Waals surface area (Å²) in [5.74, 6) is 0.483. The number of rotatable bonds is 11. The Kier molecular flexibility index (Phi) is 10.2. The topological polar surface area (TPSA) is 58.6 Å². The lowest BCUT2D eigenvalue weighted by Gasteiger charge is -2.32. The molecule has 0 spiro atoms. The number of halogens is 1. The Labute approximate surface area is 225 Å². The Morgan fingerprint density at radius 2 is 1.65 bits per heavy atom. The van der Waals surface area contributed by atoms with Crippen molar-refractivity contribution in [1.82, 2.24) is 10.2 Å². The molecule has 1 atom stereocenters. The second-order valence-corrected chi connectivity index (χ2v) is 10.4. The standard InChI is InChI=1S/C31H37ClN2O3/c1-21(2)18-33-31(36)28(17-25-11-7-6-8-12-25)34(19-26-13-9-10-14-27(26)32)30(35)20-37-29-16-22(3)15-23(4)24(29)5/h6-16,21,28H,17-20H2,1-5H3,(H,33,36)/t28-/m0/s1. The van der Waals surface area contributed by atoms with Crippen LogP contribution in [0.15, 0.2) is 66.7 Å². The highest BCUT2D eigenvalue weighted by molar-refractivity contribution is 6.31. The van der Waals surface area contributed by atoms with Crippen molar-refractivity contribution in [3.63, 3.8) is 0 Å². The summed E-state index contributed by atoms with van der Waals surface area (Å²) in [7, 11) is 0. The predicted molar refractivity (Wildman–Crippen MR) is 150 cm³/mol. The highest BCUT2D eigenvalue weighted by Crippen LogP contribution is 2.24. The van der Waals surface area contributed by atoms with Crippen molar-refractivity contribution in [3.8, 4) is 5.75 Å². The molecule has 1 N–H and O–H groups in total. The minimum absolute atomic E-state index is 0.184. The summed E-state index contributed by atoms with van der Waals surface area (Å²) in [5.41, 5.74) is 4.90. The van der Waals surface area contributed by atoms with Crippen LogP contribution in [-0.4, -0.2) is 35.9 Å². The SMILES string of the molecule is Cc1cc(C)c(C)c(OCC(=O)N(Cc2ccccc2Cl)[C@@H](Cc2ccccc2)C(=O)NCC(C)C)c1. The number of carbonyl (C=O) groups is 2. The molecule has 0 fully saturated rings. The first-order valence-corrected chi connectivity index (χ1v) is 13.1. The normalized spacial score (nSPS) is 11.8. The molecule has 3 rings (SSSR count). The van der Waals surface area contributed by atoms with E-state index in [2.05, 4.69) is 11.4 Å². The van der Waals surface area contributed by atoms with E-state index < -0.39 is 6.04 Å². The average molecular weight is 521 g/mol. The summed E-state index contributed by atoms with van der Waals surface area (Å²) in [6.07, 6.45) is 0.379. The fraction of sp³-hybridized carbons (Fsp3) is 0.355. The first kappa shape index (κ1) is 28.3. The fourth-order valence-corrected chi connectivity index (χ4v) is 4.36. The monoisotopic (exact) mass is 520 g/mol. The van der Waals surface area contributed by atoms with Crippen LogP contribution in [0.1, 0.15) is 41.7 Å². The number of ether oxygens (including phenoxy) is 1. The fourth-order valence-electron chi connectivity index (χ4n) is 4.16. The van der Waals surface area contributed by atoms with E-state index in [-0.39, 0.29) is 30.9 Å². The number of amides is 2. The third kappa shape index (κ3) is 8.09. The van der Waals surface area contributed by atoms with Gasteiger partial charge in [0, 0.05) is 24.5 Å². The molecule has 2 amide bonds. The van der Waals surface area contributed by atoms with E-state index in [0.29, 0.717) is 23.7 Å². The van der Waals surface area contributed by atoms with E-state index in [1.54, 1.807) is 11.0 Å². The molecule has 0 radical (unpaired) electrons. The maximum absolute atomic E-state index is 13.8. The molecule has 3 aromatic carbocycles. The number of benzene rings is 3. The summed E-state index contributed by atoms with van der Waals surface area (Å²) in [6.45, 7) is 10.6. The number of hydrogen-bond acceptors (Lipinski definition) is 3. The molecule has 196 valence electrons. The van der Waals surface area contributed by atoms with Crippen LogP contribution in [0.4, 0.5) is 0 Å². The van der Waals surface area contributed by atoms with Gasteiger partial charge in [-0.2, -0.15) is 0 Å². The first-order chi connectivity index (χ1) is 17.7. The van der Waals surface area contributed by atoms with Gasteiger partial charge in [-0.3, -0.25) is 9.59 Å². The van der Waals surface area contributed by atoms with Crippen LogP contribution in [0.5, 0.6) is 5.75 Å². The zero-order valence-corrected chi connectivity index (χ0v) is 23.1. The van der Waals surface area contributed by atoms with Gasteiger partial charge in [0.2, 0.25) is 5.91 Å². The summed E-state index contributed by atoms with van der Waals surface area (Å²) in [5, 5.41) is 3.58. The van der Waals surface area contributed by atoms with Gasteiger partial charge >= 0.3 is 0 Å². The van der Waals surface area contributed by atoms with E-state index in [1.807, 2.05) is 89.2 Å². The van der Waals surface area contributed by atoms with Gasteiger partial charge in [0.15, 0.2) is 6.61 Å². The second-order valence-electron chi connectivity index (χ2n) is 9.95. The number of aryl methyl sites for hydroxylation is 2. The van der Waals surface area contributed by atoms with Crippen molar-refractivity contribution in [2.24, 2.45) is 5.92 Å². The summed E-state index contributed by atoms with van der Waals surface area (Å²) < 4.78 is 6.03. The number of nitrogens with zero attached hydrogens (tertiary/aromatic N) is 1. The van der Waals surface area contributed by atoms with Gasteiger partial charge in [-0.25, -0.2) is 0 Å². The molecule has 0 aliphatic heterocycles. The lowest BCUT2D eigenvalue weighted by atomic mass is 10.0. The maximum Gasteiger partial charge on any atom is 0.261 e. The molecule has 0 aliphatic carbocycles. The molecule has 0 bridgehead atoms. The van der Waals surface area contributed by atoms with Gasteiger partial charge in [-0.1, -0.05) is 80.0 Å². The third-order valence-corrected chi connectivity index (χ3v) is 6.74. The molecular formula is C31H37ClN2O3. The van der Waals surface area contributed by atoms with Gasteiger partial charge in [-0.15, -0.1) is 0 Å². The third-order valence-electron chi connectivity index (χ3n) is 6.37. The van der Waals surface area contributed by atoms with Crippen molar-refractivity contribution in [2.45, 2.75) is 53.6 Å². The van der Waals surface area contributed by atoms with Gasteiger partial charge in [-0.05, 0) is 66.6 Å². The first-order valence-electron chi connectivity index (χ1n) is 12.7. The lowest BCUT2D eigenvalue weighted by molar-refractivity contribution is -0.142. The molecule has 0 aliphatic rings.